The quantitative estimate of drug-likeness (QED) is 0.746. The number of aromatic amines is 1. The number of nitrogens with zero attached hydrogens (tertiary/aromatic N) is 2. The van der Waals surface area contributed by atoms with Crippen LogP contribution in [-0.4, -0.2) is 47.0 Å². The van der Waals surface area contributed by atoms with Gasteiger partial charge in [0.05, 0.1) is 5.69 Å². The van der Waals surface area contributed by atoms with Crippen molar-refractivity contribution in [1.82, 2.24) is 20.2 Å². The van der Waals surface area contributed by atoms with E-state index in [1.807, 2.05) is 4.90 Å². The molecule has 7 nitrogen and oxygen atoms in total. The molecule has 1 unspecified atom stereocenters. The molecule has 2 aliphatic heterocycles. The Hall–Kier alpha value is -1.89. The van der Waals surface area contributed by atoms with E-state index >= 15 is 0 Å². The summed E-state index contributed by atoms with van der Waals surface area (Å²) in [5, 5.41) is 6.53. The van der Waals surface area contributed by atoms with Crippen LogP contribution in [0.2, 0.25) is 0 Å². The molecule has 0 bridgehead atoms. The van der Waals surface area contributed by atoms with Gasteiger partial charge in [-0.05, 0) is 44.6 Å². The van der Waals surface area contributed by atoms with Crippen molar-refractivity contribution in [2.24, 2.45) is 11.8 Å². The molecule has 1 saturated carbocycles. The highest BCUT2D eigenvalue weighted by atomic mass is 16.2. The first-order valence-corrected chi connectivity index (χ1v) is 9.06. The van der Waals surface area contributed by atoms with Crippen LogP contribution in [0.4, 0.5) is 5.95 Å². The number of carbonyl (C=O) groups excluding carboxylic acids is 1. The summed E-state index contributed by atoms with van der Waals surface area (Å²) in [7, 11) is 0. The molecule has 3 N–H and O–H groups in total. The number of hydrogen-bond donors (Lipinski definition) is 3. The highest BCUT2D eigenvalue weighted by Gasteiger charge is 2.35. The molecule has 1 aliphatic carbocycles. The number of piperidine rings is 1. The highest BCUT2D eigenvalue weighted by molar-refractivity contribution is 5.81. The first-order chi connectivity index (χ1) is 11.7. The van der Waals surface area contributed by atoms with Crippen LogP contribution in [0, 0.1) is 11.8 Å². The Labute approximate surface area is 141 Å². The number of H-pyrrole nitrogens is 1. The Morgan fingerprint density at radius 2 is 2.21 bits per heavy atom. The molecule has 2 fully saturated rings. The van der Waals surface area contributed by atoms with Crippen LogP contribution < -0.4 is 16.2 Å². The first-order valence-electron chi connectivity index (χ1n) is 9.06. The zero-order valence-electron chi connectivity index (χ0n) is 13.9. The normalized spacial score (nSPS) is 23.7. The molecule has 3 aliphatic rings. The molecular weight excluding hydrogens is 306 g/mol. The molecule has 1 amide bonds. The lowest BCUT2D eigenvalue weighted by Crippen LogP contribution is -2.42. The van der Waals surface area contributed by atoms with Crippen molar-refractivity contribution < 1.29 is 4.79 Å². The Kier molecular flexibility index (Phi) is 4.26. The second-order valence-corrected chi connectivity index (χ2v) is 7.21. The number of amides is 1. The molecule has 3 heterocycles. The van der Waals surface area contributed by atoms with E-state index in [2.05, 4.69) is 20.6 Å². The molecule has 7 heteroatoms. The average Bonchev–Trinajstić information content (AvgIpc) is 3.45. The molecular formula is C17H25N5O2. The summed E-state index contributed by atoms with van der Waals surface area (Å²) < 4.78 is 0. The maximum Gasteiger partial charge on any atom is 0.255 e. The number of hydrogen-bond acceptors (Lipinski definition) is 5. The van der Waals surface area contributed by atoms with Gasteiger partial charge in [-0.25, -0.2) is 4.98 Å². The molecule has 1 aromatic heterocycles. The minimum atomic E-state index is -0.0295. The lowest BCUT2D eigenvalue weighted by atomic mass is 9.97. The van der Waals surface area contributed by atoms with E-state index in [1.165, 1.54) is 0 Å². The SMILES string of the molecule is O=C(C1CC1)N1CCCC(CNc2nc3c(c(=O)[nH]2)CCNC3)C1. The number of carbonyl (C=O) groups is 1. The molecule has 4 rings (SSSR count). The summed E-state index contributed by atoms with van der Waals surface area (Å²) in [6.07, 6.45) is 5.03. The zero-order valence-corrected chi connectivity index (χ0v) is 13.9. The van der Waals surface area contributed by atoms with Crippen LogP contribution in [-0.2, 0) is 17.8 Å². The average molecular weight is 331 g/mol. The molecule has 1 atom stereocenters. The molecule has 1 saturated heterocycles. The van der Waals surface area contributed by atoms with E-state index in [9.17, 15) is 9.59 Å². The second-order valence-electron chi connectivity index (χ2n) is 7.21. The van der Waals surface area contributed by atoms with E-state index in [-0.39, 0.29) is 5.56 Å². The van der Waals surface area contributed by atoms with Gasteiger partial charge in [-0.2, -0.15) is 0 Å². The van der Waals surface area contributed by atoms with Crippen molar-refractivity contribution in [3.63, 3.8) is 0 Å². The topological polar surface area (TPSA) is 90.1 Å². The minimum Gasteiger partial charge on any atom is -0.355 e. The summed E-state index contributed by atoms with van der Waals surface area (Å²) in [5.41, 5.74) is 1.62. The van der Waals surface area contributed by atoms with E-state index in [1.54, 1.807) is 0 Å². The molecule has 0 aromatic carbocycles. The first kappa shape index (κ1) is 15.6. The van der Waals surface area contributed by atoms with Crippen molar-refractivity contribution >= 4 is 11.9 Å². The molecule has 0 radical (unpaired) electrons. The van der Waals surface area contributed by atoms with E-state index in [0.29, 0.717) is 30.2 Å². The Morgan fingerprint density at radius 1 is 1.33 bits per heavy atom. The van der Waals surface area contributed by atoms with Gasteiger partial charge in [-0.15, -0.1) is 0 Å². The van der Waals surface area contributed by atoms with Gasteiger partial charge in [0.15, 0.2) is 0 Å². The van der Waals surface area contributed by atoms with Crippen molar-refractivity contribution in [1.29, 1.82) is 0 Å². The number of rotatable bonds is 4. The summed E-state index contributed by atoms with van der Waals surface area (Å²) in [6, 6.07) is 0. The predicted molar refractivity (Wildman–Crippen MR) is 90.8 cm³/mol. The van der Waals surface area contributed by atoms with Crippen LogP contribution in [0.15, 0.2) is 4.79 Å². The van der Waals surface area contributed by atoms with Gasteiger partial charge in [-0.1, -0.05) is 0 Å². The summed E-state index contributed by atoms with van der Waals surface area (Å²) in [6.45, 7) is 3.94. The summed E-state index contributed by atoms with van der Waals surface area (Å²) in [4.78, 5) is 33.8. The van der Waals surface area contributed by atoms with Crippen LogP contribution in [0.25, 0.3) is 0 Å². The predicted octanol–water partition coefficient (Wildman–Crippen LogP) is 0.476. The highest BCUT2D eigenvalue weighted by Crippen LogP contribution is 2.32. The lowest BCUT2D eigenvalue weighted by Gasteiger charge is -2.33. The minimum absolute atomic E-state index is 0.0295. The second kappa shape index (κ2) is 6.55. The maximum atomic E-state index is 12.2. The van der Waals surface area contributed by atoms with E-state index in [0.717, 1.165) is 69.5 Å². The molecule has 130 valence electrons. The van der Waals surface area contributed by atoms with Gasteiger partial charge in [0, 0.05) is 37.7 Å². The van der Waals surface area contributed by atoms with Crippen LogP contribution in [0.3, 0.4) is 0 Å². The lowest BCUT2D eigenvalue weighted by molar-refractivity contribution is -0.134. The van der Waals surface area contributed by atoms with Crippen molar-refractivity contribution in [3.05, 3.63) is 21.6 Å². The number of nitrogens with one attached hydrogen (secondary N) is 3. The third-order valence-corrected chi connectivity index (χ3v) is 5.26. The van der Waals surface area contributed by atoms with E-state index in [4.69, 9.17) is 0 Å². The number of likely N-dealkylation sites (tertiary alicyclic amines) is 1. The third-order valence-electron chi connectivity index (χ3n) is 5.26. The zero-order chi connectivity index (χ0) is 16.5. The van der Waals surface area contributed by atoms with Gasteiger partial charge >= 0.3 is 0 Å². The van der Waals surface area contributed by atoms with Gasteiger partial charge < -0.3 is 15.5 Å². The third kappa shape index (κ3) is 3.31. The maximum absolute atomic E-state index is 12.2. The van der Waals surface area contributed by atoms with Crippen LogP contribution in [0.1, 0.15) is 36.9 Å². The van der Waals surface area contributed by atoms with Gasteiger partial charge in [0.2, 0.25) is 11.9 Å². The fourth-order valence-corrected chi connectivity index (χ4v) is 3.71. The van der Waals surface area contributed by atoms with Gasteiger partial charge in [0.1, 0.15) is 0 Å². The van der Waals surface area contributed by atoms with Crippen LogP contribution >= 0.6 is 0 Å². The standard InChI is InChI=1S/C17H25N5O2/c23-15-13-5-6-18-9-14(13)20-17(21-15)19-8-11-2-1-7-22(10-11)16(24)12-3-4-12/h11-12,18H,1-10H2,(H2,19,20,21,23). The molecule has 1 aromatic rings. The van der Waals surface area contributed by atoms with Gasteiger partial charge in [0.25, 0.3) is 5.56 Å². The van der Waals surface area contributed by atoms with Gasteiger partial charge in [-0.3, -0.25) is 14.6 Å². The number of aromatic nitrogens is 2. The fourth-order valence-electron chi connectivity index (χ4n) is 3.71. The molecule has 24 heavy (non-hydrogen) atoms. The van der Waals surface area contributed by atoms with Crippen molar-refractivity contribution in [2.45, 2.75) is 38.6 Å². The number of fused-ring (bicyclic) bond motifs is 1. The smallest absolute Gasteiger partial charge is 0.255 e. The van der Waals surface area contributed by atoms with Crippen molar-refractivity contribution in [2.75, 3.05) is 31.5 Å². The largest absolute Gasteiger partial charge is 0.355 e. The van der Waals surface area contributed by atoms with Crippen molar-refractivity contribution in [3.8, 4) is 0 Å². The Balaban J connectivity index is 1.37. The number of anilines is 1. The Morgan fingerprint density at radius 3 is 3.04 bits per heavy atom. The Bertz CT molecular complexity index is 682. The van der Waals surface area contributed by atoms with E-state index < -0.39 is 0 Å². The fraction of sp³-hybridized carbons (Fsp3) is 0.706. The summed E-state index contributed by atoms with van der Waals surface area (Å²) in [5.74, 6) is 1.60. The molecule has 0 spiro atoms. The summed E-state index contributed by atoms with van der Waals surface area (Å²) >= 11 is 0. The van der Waals surface area contributed by atoms with Crippen LogP contribution in [0.5, 0.6) is 0 Å². The monoisotopic (exact) mass is 331 g/mol.